The molecule has 1 saturated heterocycles. The maximum absolute atomic E-state index is 12.8. The van der Waals surface area contributed by atoms with E-state index in [2.05, 4.69) is 32.3 Å². The number of benzene rings is 1. The first-order chi connectivity index (χ1) is 14.6. The molecule has 0 saturated carbocycles. The van der Waals surface area contributed by atoms with E-state index in [0.717, 1.165) is 60.0 Å². The lowest BCUT2D eigenvalue weighted by Crippen LogP contribution is -2.47. The number of pyridine rings is 2. The number of hydrogen-bond acceptors (Lipinski definition) is 4. The Bertz CT molecular complexity index is 1080. The van der Waals surface area contributed by atoms with Crippen molar-refractivity contribution in [2.45, 2.75) is 26.7 Å². The zero-order valence-electron chi connectivity index (χ0n) is 17.5. The van der Waals surface area contributed by atoms with Crippen LogP contribution in [0.4, 0.5) is 5.69 Å². The highest BCUT2D eigenvalue weighted by molar-refractivity contribution is 7.80. The molecule has 1 amide bonds. The molecule has 0 radical (unpaired) electrons. The zero-order chi connectivity index (χ0) is 21.1. The highest BCUT2D eigenvalue weighted by Gasteiger charge is 2.29. The standard InChI is InChI=1S/C23H27N5OS/c1-3-27(4-2)22(29)16-8-7-13-28(15-16)23(30)26-20-14-19-17(9-5-11-24-19)18-10-6-12-25-21(18)20/h5-6,9-12,14,16H,3-4,7-8,13,15H2,1-2H3,(H,26,30). The molecule has 1 unspecified atom stereocenters. The molecule has 6 nitrogen and oxygen atoms in total. The summed E-state index contributed by atoms with van der Waals surface area (Å²) in [6.45, 7) is 7.05. The van der Waals surface area contributed by atoms with Crippen molar-refractivity contribution in [3.8, 4) is 0 Å². The number of nitrogens with one attached hydrogen (secondary N) is 1. The lowest BCUT2D eigenvalue weighted by atomic mass is 9.96. The molecule has 4 rings (SSSR count). The number of piperidine rings is 1. The fraction of sp³-hybridized carbons (Fsp3) is 0.391. The summed E-state index contributed by atoms with van der Waals surface area (Å²) in [6, 6.07) is 9.99. The number of amides is 1. The minimum atomic E-state index is -0.00783. The van der Waals surface area contributed by atoms with Crippen LogP contribution in [-0.2, 0) is 4.79 Å². The Balaban J connectivity index is 1.57. The molecule has 2 aromatic heterocycles. The van der Waals surface area contributed by atoms with Crippen molar-refractivity contribution in [1.29, 1.82) is 0 Å². The van der Waals surface area contributed by atoms with Crippen molar-refractivity contribution in [1.82, 2.24) is 19.8 Å². The summed E-state index contributed by atoms with van der Waals surface area (Å²) in [7, 11) is 0. The summed E-state index contributed by atoms with van der Waals surface area (Å²) in [6.07, 6.45) is 5.45. The zero-order valence-corrected chi connectivity index (χ0v) is 18.3. The van der Waals surface area contributed by atoms with E-state index in [4.69, 9.17) is 12.2 Å². The van der Waals surface area contributed by atoms with Gasteiger partial charge in [0.05, 0.1) is 22.6 Å². The molecule has 1 atom stereocenters. The fourth-order valence-corrected chi connectivity index (χ4v) is 4.52. The van der Waals surface area contributed by atoms with E-state index in [0.29, 0.717) is 11.7 Å². The summed E-state index contributed by atoms with van der Waals surface area (Å²) in [5, 5.41) is 6.14. The summed E-state index contributed by atoms with van der Waals surface area (Å²) >= 11 is 5.75. The number of anilines is 1. The van der Waals surface area contributed by atoms with Crippen molar-refractivity contribution in [3.05, 3.63) is 42.7 Å². The van der Waals surface area contributed by atoms with Gasteiger partial charge < -0.3 is 15.1 Å². The van der Waals surface area contributed by atoms with E-state index in [1.165, 1.54) is 0 Å². The van der Waals surface area contributed by atoms with Crippen LogP contribution in [0.5, 0.6) is 0 Å². The average molecular weight is 422 g/mol. The summed E-state index contributed by atoms with van der Waals surface area (Å²) in [4.78, 5) is 26.0. The Morgan fingerprint density at radius 2 is 1.93 bits per heavy atom. The molecule has 1 fully saturated rings. The van der Waals surface area contributed by atoms with Gasteiger partial charge in [-0.25, -0.2) is 0 Å². The summed E-state index contributed by atoms with van der Waals surface area (Å²) < 4.78 is 0. The second-order valence-electron chi connectivity index (χ2n) is 7.62. The lowest BCUT2D eigenvalue weighted by molar-refractivity contribution is -0.136. The van der Waals surface area contributed by atoms with Crippen molar-refractivity contribution in [2.75, 3.05) is 31.5 Å². The van der Waals surface area contributed by atoms with Crippen molar-refractivity contribution in [3.63, 3.8) is 0 Å². The second kappa shape index (κ2) is 8.92. The number of aromatic nitrogens is 2. The molecular formula is C23H27N5OS. The van der Waals surface area contributed by atoms with Gasteiger partial charge >= 0.3 is 0 Å². The van der Waals surface area contributed by atoms with E-state index in [9.17, 15) is 4.79 Å². The van der Waals surface area contributed by atoms with Crippen molar-refractivity contribution >= 4 is 50.7 Å². The Hall–Kier alpha value is -2.80. The van der Waals surface area contributed by atoms with Gasteiger partial charge in [0.15, 0.2) is 5.11 Å². The molecule has 3 heterocycles. The van der Waals surface area contributed by atoms with Gasteiger partial charge in [0, 0.05) is 49.3 Å². The van der Waals surface area contributed by atoms with Gasteiger partial charge in [-0.15, -0.1) is 0 Å². The number of thiocarbonyl (C=S) groups is 1. The predicted molar refractivity (Wildman–Crippen MR) is 125 cm³/mol. The van der Waals surface area contributed by atoms with Crippen LogP contribution in [-0.4, -0.2) is 57.0 Å². The first-order valence-electron chi connectivity index (χ1n) is 10.6. The smallest absolute Gasteiger partial charge is 0.227 e. The van der Waals surface area contributed by atoms with Crippen LogP contribution < -0.4 is 5.32 Å². The number of hydrogen-bond donors (Lipinski definition) is 1. The van der Waals surface area contributed by atoms with E-state index in [-0.39, 0.29) is 11.8 Å². The van der Waals surface area contributed by atoms with Gasteiger partial charge in [-0.1, -0.05) is 12.1 Å². The normalized spacial score (nSPS) is 16.6. The van der Waals surface area contributed by atoms with E-state index < -0.39 is 0 Å². The minimum Gasteiger partial charge on any atom is -0.348 e. The third kappa shape index (κ3) is 3.94. The Kier molecular flexibility index (Phi) is 6.08. The maximum atomic E-state index is 12.8. The Morgan fingerprint density at radius 1 is 1.20 bits per heavy atom. The van der Waals surface area contributed by atoms with Crippen LogP contribution in [0.15, 0.2) is 42.7 Å². The molecular weight excluding hydrogens is 394 g/mol. The third-order valence-electron chi connectivity index (χ3n) is 5.85. The van der Waals surface area contributed by atoms with Crippen molar-refractivity contribution in [2.24, 2.45) is 5.92 Å². The van der Waals surface area contributed by atoms with Crippen molar-refractivity contribution < 1.29 is 4.79 Å². The van der Waals surface area contributed by atoms with Gasteiger partial charge in [-0.3, -0.25) is 14.8 Å². The van der Waals surface area contributed by atoms with Crippen LogP contribution in [0.2, 0.25) is 0 Å². The van der Waals surface area contributed by atoms with Gasteiger partial charge in [0.25, 0.3) is 0 Å². The molecule has 0 spiro atoms. The average Bonchev–Trinajstić information content (AvgIpc) is 2.80. The highest BCUT2D eigenvalue weighted by atomic mass is 32.1. The van der Waals surface area contributed by atoms with Crippen LogP contribution in [0, 0.1) is 5.92 Å². The van der Waals surface area contributed by atoms with Crippen LogP contribution in [0.25, 0.3) is 21.8 Å². The SMILES string of the molecule is CCN(CC)C(=O)C1CCCN(C(=S)Nc2cc3ncccc3c3cccnc23)C1. The Morgan fingerprint density at radius 3 is 2.70 bits per heavy atom. The number of rotatable bonds is 4. The summed E-state index contributed by atoms with van der Waals surface area (Å²) in [5.41, 5.74) is 2.61. The third-order valence-corrected chi connectivity index (χ3v) is 6.21. The monoisotopic (exact) mass is 421 g/mol. The molecule has 30 heavy (non-hydrogen) atoms. The molecule has 1 N–H and O–H groups in total. The molecule has 0 aliphatic carbocycles. The van der Waals surface area contributed by atoms with Crippen LogP contribution in [0.3, 0.4) is 0 Å². The molecule has 156 valence electrons. The van der Waals surface area contributed by atoms with Gasteiger partial charge in [0.1, 0.15) is 0 Å². The number of carbonyl (C=O) groups is 1. The number of likely N-dealkylation sites (tertiary alicyclic amines) is 1. The minimum absolute atomic E-state index is 0.00783. The molecule has 1 aromatic carbocycles. The number of carbonyl (C=O) groups excluding carboxylic acids is 1. The van der Waals surface area contributed by atoms with Gasteiger partial charge in [-0.05, 0) is 57.1 Å². The van der Waals surface area contributed by atoms with E-state index >= 15 is 0 Å². The predicted octanol–water partition coefficient (Wildman–Crippen LogP) is 4.06. The van der Waals surface area contributed by atoms with E-state index in [1.54, 1.807) is 12.4 Å². The van der Waals surface area contributed by atoms with Gasteiger partial charge in [0.2, 0.25) is 5.91 Å². The van der Waals surface area contributed by atoms with Gasteiger partial charge in [-0.2, -0.15) is 0 Å². The largest absolute Gasteiger partial charge is 0.348 e. The molecule has 0 bridgehead atoms. The number of fused-ring (bicyclic) bond motifs is 3. The molecule has 1 aliphatic heterocycles. The summed E-state index contributed by atoms with van der Waals surface area (Å²) in [5.74, 6) is 0.223. The lowest BCUT2D eigenvalue weighted by Gasteiger charge is -2.36. The fourth-order valence-electron chi connectivity index (χ4n) is 4.25. The molecule has 7 heteroatoms. The first kappa shape index (κ1) is 20.5. The van der Waals surface area contributed by atoms with Crippen LogP contribution in [0.1, 0.15) is 26.7 Å². The van der Waals surface area contributed by atoms with Crippen LogP contribution >= 0.6 is 12.2 Å². The quantitative estimate of drug-likeness (QED) is 0.506. The Labute approximate surface area is 182 Å². The topological polar surface area (TPSA) is 61.4 Å². The second-order valence-corrected chi connectivity index (χ2v) is 8.01. The molecule has 1 aliphatic rings. The van der Waals surface area contributed by atoms with E-state index in [1.807, 2.05) is 36.9 Å². The maximum Gasteiger partial charge on any atom is 0.227 e. The number of nitrogens with zero attached hydrogens (tertiary/aromatic N) is 4. The first-order valence-corrected chi connectivity index (χ1v) is 11.0. The molecule has 3 aromatic rings. The highest BCUT2D eigenvalue weighted by Crippen LogP contribution is 2.30.